The molecule has 1 unspecified atom stereocenters. The molecule has 0 aromatic heterocycles. The number of aliphatic hydroxyl groups is 1. The molecule has 0 saturated heterocycles. The number of benzene rings is 2. The van der Waals surface area contributed by atoms with Gasteiger partial charge >= 0.3 is 0 Å². The molecule has 0 fully saturated rings. The second kappa shape index (κ2) is 15.8. The van der Waals surface area contributed by atoms with Gasteiger partial charge in [-0.25, -0.2) is 0 Å². The number of nitrogens with zero attached hydrogens (tertiary/aromatic N) is 1. The minimum atomic E-state index is -0.587. The maximum absolute atomic E-state index is 10.4. The van der Waals surface area contributed by atoms with E-state index in [1.807, 2.05) is 42.5 Å². The second-order valence-corrected chi connectivity index (χ2v) is 8.45. The van der Waals surface area contributed by atoms with Crippen LogP contribution in [0.15, 0.2) is 54.6 Å². The van der Waals surface area contributed by atoms with E-state index in [-0.39, 0.29) is 6.61 Å². The van der Waals surface area contributed by atoms with E-state index in [2.05, 4.69) is 30.9 Å². The summed E-state index contributed by atoms with van der Waals surface area (Å²) < 4.78 is 16.9. The van der Waals surface area contributed by atoms with E-state index in [1.54, 1.807) is 0 Å². The fourth-order valence-electron chi connectivity index (χ4n) is 3.28. The van der Waals surface area contributed by atoms with Gasteiger partial charge in [0.05, 0.1) is 19.8 Å². The molecule has 0 spiro atoms. The molecule has 2 aromatic rings. The van der Waals surface area contributed by atoms with Gasteiger partial charge < -0.3 is 25.1 Å². The Balaban J connectivity index is 1.65. The summed E-state index contributed by atoms with van der Waals surface area (Å²) in [6, 6.07) is 18.2. The zero-order chi connectivity index (χ0) is 23.0. The Labute approximate surface area is 193 Å². The molecule has 6 nitrogen and oxygen atoms in total. The Morgan fingerprint density at radius 2 is 1.59 bits per heavy atom. The Hall–Kier alpha value is -1.96. The third-order valence-corrected chi connectivity index (χ3v) is 4.89. The second-order valence-electron chi connectivity index (χ2n) is 8.45. The first-order chi connectivity index (χ1) is 15.6. The average Bonchev–Trinajstić information content (AvgIpc) is 2.78. The largest absolute Gasteiger partial charge is 0.491 e. The Morgan fingerprint density at radius 3 is 2.28 bits per heavy atom. The van der Waals surface area contributed by atoms with E-state index in [0.29, 0.717) is 38.8 Å². The molecule has 1 atom stereocenters. The Morgan fingerprint density at radius 1 is 0.875 bits per heavy atom. The van der Waals surface area contributed by atoms with Crippen molar-refractivity contribution in [1.29, 1.82) is 0 Å². The predicted octanol–water partition coefficient (Wildman–Crippen LogP) is 3.12. The van der Waals surface area contributed by atoms with Gasteiger partial charge in [-0.2, -0.15) is 0 Å². The highest BCUT2D eigenvalue weighted by Crippen LogP contribution is 2.13. The zero-order valence-electron chi connectivity index (χ0n) is 19.6. The first kappa shape index (κ1) is 26.3. The summed E-state index contributed by atoms with van der Waals surface area (Å²) in [5.41, 5.74) is 8.14. The molecule has 0 amide bonds. The normalized spacial score (nSPS) is 12.4. The molecular weight excluding hydrogens is 404 g/mol. The molecule has 0 aliphatic heterocycles. The summed E-state index contributed by atoms with van der Waals surface area (Å²) in [7, 11) is 0. The van der Waals surface area contributed by atoms with Crippen LogP contribution in [0.2, 0.25) is 0 Å². The summed E-state index contributed by atoms with van der Waals surface area (Å²) in [5.74, 6) is 1.31. The molecular formula is C26H40N2O4. The molecule has 0 aliphatic rings. The lowest BCUT2D eigenvalue weighted by molar-refractivity contribution is 0.0388. The molecule has 2 rings (SSSR count). The van der Waals surface area contributed by atoms with Crippen molar-refractivity contribution in [3.63, 3.8) is 0 Å². The van der Waals surface area contributed by atoms with E-state index in [1.165, 1.54) is 11.1 Å². The molecule has 0 aliphatic carbocycles. The van der Waals surface area contributed by atoms with Crippen LogP contribution < -0.4 is 10.5 Å². The molecule has 0 radical (unpaired) electrons. The minimum Gasteiger partial charge on any atom is -0.491 e. The van der Waals surface area contributed by atoms with Gasteiger partial charge in [0.1, 0.15) is 18.5 Å². The van der Waals surface area contributed by atoms with Crippen LogP contribution in [0.3, 0.4) is 0 Å². The van der Waals surface area contributed by atoms with E-state index in [9.17, 15) is 5.11 Å². The summed E-state index contributed by atoms with van der Waals surface area (Å²) in [6.45, 7) is 9.78. The average molecular weight is 445 g/mol. The molecule has 2 aromatic carbocycles. The first-order valence-electron chi connectivity index (χ1n) is 11.6. The van der Waals surface area contributed by atoms with Crippen LogP contribution in [0, 0.1) is 5.92 Å². The van der Waals surface area contributed by atoms with Crippen LogP contribution >= 0.6 is 0 Å². The molecule has 32 heavy (non-hydrogen) atoms. The first-order valence-corrected chi connectivity index (χ1v) is 11.6. The number of ether oxygens (including phenoxy) is 3. The van der Waals surface area contributed by atoms with E-state index >= 15 is 0 Å². The van der Waals surface area contributed by atoms with Gasteiger partial charge in [-0.05, 0) is 35.6 Å². The highest BCUT2D eigenvalue weighted by Gasteiger charge is 2.13. The fourth-order valence-corrected chi connectivity index (χ4v) is 3.28. The van der Waals surface area contributed by atoms with Crippen LogP contribution in [0.5, 0.6) is 5.75 Å². The topological polar surface area (TPSA) is 77.2 Å². The van der Waals surface area contributed by atoms with Gasteiger partial charge in [0, 0.05) is 32.8 Å². The van der Waals surface area contributed by atoms with Crippen molar-refractivity contribution in [2.45, 2.75) is 32.9 Å². The molecule has 0 saturated carbocycles. The summed E-state index contributed by atoms with van der Waals surface area (Å²) in [6.07, 6.45) is 0.261. The SMILES string of the molecule is CC(C)COCCOCCc1ccc(OCC(O)CN(CCN)Cc2ccccc2)cc1. The standard InChI is InChI=1S/C26H40N2O4/c1-22(2)20-31-17-16-30-15-12-23-8-10-26(11-9-23)32-21-25(29)19-28(14-13-27)18-24-6-4-3-5-7-24/h3-11,22,25,29H,12-21,27H2,1-2H3. The molecule has 3 N–H and O–H groups in total. The lowest BCUT2D eigenvalue weighted by Gasteiger charge is -2.24. The van der Waals surface area contributed by atoms with Gasteiger partial charge in [-0.15, -0.1) is 0 Å². The van der Waals surface area contributed by atoms with Gasteiger partial charge in [-0.3, -0.25) is 4.90 Å². The predicted molar refractivity (Wildman–Crippen MR) is 129 cm³/mol. The van der Waals surface area contributed by atoms with Crippen molar-refractivity contribution in [2.24, 2.45) is 11.7 Å². The van der Waals surface area contributed by atoms with Crippen molar-refractivity contribution in [3.8, 4) is 5.75 Å². The maximum Gasteiger partial charge on any atom is 0.119 e. The van der Waals surface area contributed by atoms with Crippen LogP contribution in [0.1, 0.15) is 25.0 Å². The smallest absolute Gasteiger partial charge is 0.119 e. The van der Waals surface area contributed by atoms with Crippen molar-refractivity contribution >= 4 is 0 Å². The number of hydrogen-bond acceptors (Lipinski definition) is 6. The van der Waals surface area contributed by atoms with E-state index < -0.39 is 6.10 Å². The van der Waals surface area contributed by atoms with Crippen LogP contribution in [-0.4, -0.2) is 68.8 Å². The lowest BCUT2D eigenvalue weighted by Crippen LogP contribution is -2.38. The van der Waals surface area contributed by atoms with Crippen molar-refractivity contribution < 1.29 is 19.3 Å². The van der Waals surface area contributed by atoms with Gasteiger partial charge in [-0.1, -0.05) is 56.3 Å². The number of aliphatic hydroxyl groups excluding tert-OH is 1. The van der Waals surface area contributed by atoms with Crippen LogP contribution in [0.4, 0.5) is 0 Å². The summed E-state index contributed by atoms with van der Waals surface area (Å²) >= 11 is 0. The van der Waals surface area contributed by atoms with Crippen LogP contribution in [-0.2, 0) is 22.4 Å². The van der Waals surface area contributed by atoms with Gasteiger partial charge in [0.25, 0.3) is 0 Å². The number of nitrogens with two attached hydrogens (primary N) is 1. The summed E-state index contributed by atoms with van der Waals surface area (Å²) in [5, 5.41) is 10.4. The molecule has 6 heteroatoms. The van der Waals surface area contributed by atoms with Gasteiger partial charge in [0.2, 0.25) is 0 Å². The third kappa shape index (κ3) is 11.6. The van der Waals surface area contributed by atoms with E-state index in [0.717, 1.165) is 31.9 Å². The van der Waals surface area contributed by atoms with Gasteiger partial charge in [0.15, 0.2) is 0 Å². The lowest BCUT2D eigenvalue weighted by atomic mass is 10.1. The van der Waals surface area contributed by atoms with Crippen molar-refractivity contribution in [2.75, 3.05) is 52.7 Å². The quantitative estimate of drug-likeness (QED) is 0.365. The molecule has 0 bridgehead atoms. The third-order valence-electron chi connectivity index (χ3n) is 4.89. The fraction of sp³-hybridized carbons (Fsp3) is 0.538. The van der Waals surface area contributed by atoms with Crippen LogP contribution in [0.25, 0.3) is 0 Å². The maximum atomic E-state index is 10.4. The molecule has 178 valence electrons. The zero-order valence-corrected chi connectivity index (χ0v) is 19.6. The molecule has 0 heterocycles. The van der Waals surface area contributed by atoms with Crippen molar-refractivity contribution in [3.05, 3.63) is 65.7 Å². The summed E-state index contributed by atoms with van der Waals surface area (Å²) in [4.78, 5) is 2.15. The van der Waals surface area contributed by atoms with E-state index in [4.69, 9.17) is 19.9 Å². The Kier molecular flexibility index (Phi) is 13.0. The monoisotopic (exact) mass is 444 g/mol. The minimum absolute atomic E-state index is 0.245. The number of hydrogen-bond donors (Lipinski definition) is 2. The number of rotatable bonds is 17. The highest BCUT2D eigenvalue weighted by molar-refractivity contribution is 5.27. The Bertz CT molecular complexity index is 710. The highest BCUT2D eigenvalue weighted by atomic mass is 16.5. The van der Waals surface area contributed by atoms with Crippen molar-refractivity contribution in [1.82, 2.24) is 4.90 Å².